The minimum absolute atomic E-state index is 0.0176. The van der Waals surface area contributed by atoms with E-state index in [4.69, 9.17) is 16.2 Å². The van der Waals surface area contributed by atoms with Crippen molar-refractivity contribution in [2.75, 3.05) is 18.6 Å². The first-order chi connectivity index (χ1) is 16.0. The van der Waals surface area contributed by atoms with Crippen LogP contribution >= 0.6 is 0 Å². The highest BCUT2D eigenvalue weighted by Crippen LogP contribution is 2.48. The molecule has 5 N–H and O–H groups in total. The molecule has 0 bridgehead atoms. The number of amides is 1. The van der Waals surface area contributed by atoms with Crippen LogP contribution in [0.25, 0.3) is 5.57 Å². The van der Waals surface area contributed by atoms with E-state index in [0.717, 1.165) is 20.0 Å². The average Bonchev–Trinajstić information content (AvgIpc) is 2.79. The van der Waals surface area contributed by atoms with E-state index >= 15 is 0 Å². The summed E-state index contributed by atoms with van der Waals surface area (Å²) in [5, 5.41) is 2.92. The number of benzene rings is 1. The molecule has 1 aromatic carbocycles. The summed E-state index contributed by atoms with van der Waals surface area (Å²) in [5.41, 5.74) is 10.4. The number of carbonyl (C=O) groups excluding carboxylic acids is 1. The van der Waals surface area contributed by atoms with Crippen molar-refractivity contribution in [3.63, 3.8) is 0 Å². The Hall–Kier alpha value is -3.07. The molecule has 0 saturated carbocycles. The molecular formula is C25H33F3N4O2. The lowest BCUT2D eigenvalue weighted by atomic mass is 9.83. The molecule has 1 unspecified atom stereocenters. The van der Waals surface area contributed by atoms with E-state index in [2.05, 4.69) is 10.3 Å². The van der Waals surface area contributed by atoms with Crippen LogP contribution in [-0.2, 0) is 10.3 Å². The number of nitrogen functional groups attached to an aromatic ring is 2. The minimum atomic E-state index is -4.75. The second kappa shape index (κ2) is 11.4. The lowest BCUT2D eigenvalue weighted by Gasteiger charge is -2.36. The molecular weight excluding hydrogens is 445 g/mol. The second-order valence-electron chi connectivity index (χ2n) is 8.10. The van der Waals surface area contributed by atoms with Gasteiger partial charge < -0.3 is 21.5 Å². The smallest absolute Gasteiger partial charge is 0.398 e. The van der Waals surface area contributed by atoms with Gasteiger partial charge in [-0.05, 0) is 60.2 Å². The summed E-state index contributed by atoms with van der Waals surface area (Å²) in [6.45, 7) is 5.77. The molecule has 34 heavy (non-hydrogen) atoms. The van der Waals surface area contributed by atoms with E-state index < -0.39 is 18.2 Å². The van der Waals surface area contributed by atoms with Gasteiger partial charge in [-0.15, -0.1) is 0 Å². The normalized spacial score (nSPS) is 14.2. The van der Waals surface area contributed by atoms with E-state index in [1.165, 1.54) is 24.4 Å². The Morgan fingerprint density at radius 2 is 1.82 bits per heavy atom. The molecule has 0 aliphatic carbocycles. The first-order valence-corrected chi connectivity index (χ1v) is 11.3. The van der Waals surface area contributed by atoms with Crippen molar-refractivity contribution in [2.24, 2.45) is 0 Å². The number of alkyl halides is 3. The fourth-order valence-corrected chi connectivity index (χ4v) is 3.90. The SMILES string of the molecule is CC/C=C(/CC(OC)(c1ccnc(N)c1)C(F)(F)F)c1ccc(C(=O)NC(CC)CC)c(N)c1. The van der Waals surface area contributed by atoms with Crippen LogP contribution in [-0.4, -0.2) is 30.2 Å². The van der Waals surface area contributed by atoms with Crippen molar-refractivity contribution in [1.29, 1.82) is 0 Å². The highest BCUT2D eigenvalue weighted by molar-refractivity contribution is 5.99. The lowest BCUT2D eigenvalue weighted by molar-refractivity contribution is -0.274. The van der Waals surface area contributed by atoms with Gasteiger partial charge >= 0.3 is 6.18 Å². The molecule has 0 radical (unpaired) electrons. The number of nitrogens with zero attached hydrogens (tertiary/aromatic N) is 1. The zero-order valence-electron chi connectivity index (χ0n) is 20.0. The van der Waals surface area contributed by atoms with Gasteiger partial charge in [-0.2, -0.15) is 13.2 Å². The number of allylic oxidation sites excluding steroid dienone is 1. The molecule has 0 aliphatic heterocycles. The Kier molecular flexibility index (Phi) is 9.09. The molecule has 9 heteroatoms. The molecule has 6 nitrogen and oxygen atoms in total. The van der Waals surface area contributed by atoms with Gasteiger partial charge in [0.1, 0.15) is 5.82 Å². The zero-order chi connectivity index (χ0) is 25.5. The number of aromatic nitrogens is 1. The van der Waals surface area contributed by atoms with Crippen LogP contribution in [0.2, 0.25) is 0 Å². The first-order valence-electron chi connectivity index (χ1n) is 11.3. The minimum Gasteiger partial charge on any atom is -0.398 e. The number of carbonyl (C=O) groups is 1. The number of rotatable bonds is 10. The van der Waals surface area contributed by atoms with Gasteiger partial charge in [0.15, 0.2) is 5.60 Å². The second-order valence-corrected chi connectivity index (χ2v) is 8.10. The van der Waals surface area contributed by atoms with Gasteiger partial charge in [-0.1, -0.05) is 32.9 Å². The van der Waals surface area contributed by atoms with E-state index in [-0.39, 0.29) is 34.6 Å². The topological polar surface area (TPSA) is 103 Å². The molecule has 1 aromatic heterocycles. The first kappa shape index (κ1) is 27.2. The number of anilines is 2. The molecule has 2 aromatic rings. The van der Waals surface area contributed by atoms with E-state index in [9.17, 15) is 18.0 Å². The van der Waals surface area contributed by atoms with Crippen LogP contribution < -0.4 is 16.8 Å². The highest BCUT2D eigenvalue weighted by atomic mass is 19.4. The predicted octanol–water partition coefficient (Wildman–Crippen LogP) is 5.45. The number of halogens is 3. The maximum Gasteiger partial charge on any atom is 0.422 e. The van der Waals surface area contributed by atoms with Crippen molar-refractivity contribution in [3.05, 3.63) is 59.3 Å². The molecule has 0 saturated heterocycles. The number of methoxy groups -OCH3 is 1. The monoisotopic (exact) mass is 478 g/mol. The maximum atomic E-state index is 14.5. The van der Waals surface area contributed by atoms with Crippen molar-refractivity contribution >= 4 is 23.0 Å². The van der Waals surface area contributed by atoms with E-state index in [1.807, 2.05) is 20.8 Å². The van der Waals surface area contributed by atoms with Gasteiger partial charge in [0.2, 0.25) is 0 Å². The number of ether oxygens (including phenoxy) is 1. The molecule has 0 fully saturated rings. The van der Waals surface area contributed by atoms with Crippen molar-refractivity contribution in [1.82, 2.24) is 10.3 Å². The Morgan fingerprint density at radius 1 is 1.15 bits per heavy atom. The van der Waals surface area contributed by atoms with Crippen molar-refractivity contribution in [3.8, 4) is 0 Å². The number of pyridine rings is 1. The summed E-state index contributed by atoms with van der Waals surface area (Å²) in [6.07, 6.45) is -0.296. The molecule has 186 valence electrons. The van der Waals surface area contributed by atoms with E-state index in [0.29, 0.717) is 17.6 Å². The van der Waals surface area contributed by atoms with Gasteiger partial charge in [-0.3, -0.25) is 4.79 Å². The van der Waals surface area contributed by atoms with Crippen LogP contribution in [0.1, 0.15) is 67.9 Å². The molecule has 2 rings (SSSR count). The third-order valence-electron chi connectivity index (χ3n) is 5.93. The molecule has 1 amide bonds. The Labute approximate surface area is 198 Å². The van der Waals surface area contributed by atoms with Crippen molar-refractivity contribution < 1.29 is 22.7 Å². The molecule has 0 aliphatic rings. The van der Waals surface area contributed by atoms with Crippen molar-refractivity contribution in [2.45, 2.75) is 64.3 Å². The maximum absolute atomic E-state index is 14.5. The summed E-state index contributed by atoms with van der Waals surface area (Å²) >= 11 is 0. The Balaban J connectivity index is 2.50. The third kappa shape index (κ3) is 5.88. The Bertz CT molecular complexity index is 1020. The largest absolute Gasteiger partial charge is 0.422 e. The quantitative estimate of drug-likeness (QED) is 0.394. The number of hydrogen-bond donors (Lipinski definition) is 3. The molecule has 1 atom stereocenters. The van der Waals surface area contributed by atoms with Crippen LogP contribution in [0, 0.1) is 0 Å². The van der Waals surface area contributed by atoms with Gasteiger partial charge in [0.05, 0.1) is 5.56 Å². The summed E-state index contributed by atoms with van der Waals surface area (Å²) in [4.78, 5) is 16.4. The number of hydrogen-bond acceptors (Lipinski definition) is 5. The number of nitrogens with two attached hydrogens (primary N) is 2. The number of nitrogens with one attached hydrogen (secondary N) is 1. The highest BCUT2D eigenvalue weighted by Gasteiger charge is 2.57. The fourth-order valence-electron chi connectivity index (χ4n) is 3.90. The molecule has 0 spiro atoms. The van der Waals surface area contributed by atoms with Gasteiger partial charge in [0.25, 0.3) is 5.91 Å². The van der Waals surface area contributed by atoms with E-state index in [1.54, 1.807) is 18.2 Å². The van der Waals surface area contributed by atoms with Crippen LogP contribution in [0.3, 0.4) is 0 Å². The summed E-state index contributed by atoms with van der Waals surface area (Å²) in [5.74, 6) is -0.353. The predicted molar refractivity (Wildman–Crippen MR) is 129 cm³/mol. The Morgan fingerprint density at radius 3 is 2.32 bits per heavy atom. The fraction of sp³-hybridized carbons (Fsp3) is 0.440. The third-order valence-corrected chi connectivity index (χ3v) is 5.93. The summed E-state index contributed by atoms with van der Waals surface area (Å²) < 4.78 is 48.5. The van der Waals surface area contributed by atoms with Crippen LogP contribution in [0.15, 0.2) is 42.6 Å². The average molecular weight is 479 g/mol. The van der Waals surface area contributed by atoms with Gasteiger partial charge in [0, 0.05) is 31.5 Å². The standard InChI is InChI=1S/C25H33F3N4O2/c1-5-8-17(15-24(34-4,25(26,27)28)18-11-12-31-22(30)14-18)16-9-10-20(21(29)13-16)23(33)32-19(6-2)7-3/h8-14,19H,5-7,15,29H2,1-4H3,(H2,30,31)(H,32,33)/b17-8-. The summed E-state index contributed by atoms with van der Waals surface area (Å²) in [6, 6.07) is 7.11. The van der Waals surface area contributed by atoms with Crippen LogP contribution in [0.4, 0.5) is 24.7 Å². The molecule has 1 heterocycles. The zero-order valence-corrected chi connectivity index (χ0v) is 20.0. The van der Waals surface area contributed by atoms with Crippen LogP contribution in [0.5, 0.6) is 0 Å². The lowest BCUT2D eigenvalue weighted by Crippen LogP contribution is -2.44. The van der Waals surface area contributed by atoms with Gasteiger partial charge in [-0.25, -0.2) is 4.98 Å². The summed E-state index contributed by atoms with van der Waals surface area (Å²) in [7, 11) is 1.02.